The Labute approximate surface area is 177 Å². The van der Waals surface area contributed by atoms with Crippen molar-refractivity contribution in [3.8, 4) is 11.3 Å². The van der Waals surface area contributed by atoms with Crippen LogP contribution in [0.3, 0.4) is 0 Å². The molecule has 156 valence electrons. The van der Waals surface area contributed by atoms with Gasteiger partial charge in [-0.05, 0) is 35.7 Å². The van der Waals surface area contributed by atoms with E-state index in [9.17, 15) is 13.2 Å². The molecule has 0 bridgehead atoms. The molecule has 0 aliphatic carbocycles. The van der Waals surface area contributed by atoms with Gasteiger partial charge in [0.25, 0.3) is 0 Å². The number of hydrogen-bond donors (Lipinski definition) is 0. The normalized spacial score (nSPS) is 14.5. The third-order valence-corrected chi connectivity index (χ3v) is 5.59. The molecule has 0 radical (unpaired) electrons. The van der Waals surface area contributed by atoms with E-state index in [4.69, 9.17) is 0 Å². The number of alkyl halides is 3. The molecule has 5 rings (SSSR count). The number of nitrogens with zero attached hydrogens (tertiary/aromatic N) is 4. The van der Waals surface area contributed by atoms with Gasteiger partial charge in [0.05, 0.1) is 23.3 Å². The lowest BCUT2D eigenvalue weighted by Gasteiger charge is -2.28. The van der Waals surface area contributed by atoms with Crippen molar-refractivity contribution in [3.05, 3.63) is 89.5 Å². The Kier molecular flexibility index (Phi) is 4.90. The van der Waals surface area contributed by atoms with E-state index in [2.05, 4.69) is 38.1 Å². The molecule has 2 aromatic carbocycles. The lowest BCUT2D eigenvalue weighted by molar-refractivity contribution is -0.137. The van der Waals surface area contributed by atoms with Gasteiger partial charge in [-0.15, -0.1) is 0 Å². The van der Waals surface area contributed by atoms with E-state index in [1.54, 1.807) is 24.4 Å². The highest BCUT2D eigenvalue weighted by Crippen LogP contribution is 2.36. The smallest absolute Gasteiger partial charge is 0.291 e. The molecule has 31 heavy (non-hydrogen) atoms. The monoisotopic (exact) mass is 420 g/mol. The maximum absolute atomic E-state index is 13.4. The Hall–Kier alpha value is -3.32. The van der Waals surface area contributed by atoms with E-state index in [0.29, 0.717) is 23.4 Å². The predicted octanol–water partition coefficient (Wildman–Crippen LogP) is 5.27. The number of halogens is 3. The van der Waals surface area contributed by atoms with Gasteiger partial charge >= 0.3 is 6.18 Å². The Morgan fingerprint density at radius 1 is 0.935 bits per heavy atom. The van der Waals surface area contributed by atoms with Crippen LogP contribution in [0.5, 0.6) is 0 Å². The summed E-state index contributed by atoms with van der Waals surface area (Å²) in [6.45, 7) is 2.34. The highest BCUT2D eigenvalue weighted by Gasteiger charge is 2.34. The van der Waals surface area contributed by atoms with Gasteiger partial charge in [0.1, 0.15) is 5.82 Å². The molecule has 0 unspecified atom stereocenters. The molecule has 2 aromatic heterocycles. The molecule has 0 spiro atoms. The number of pyridine rings is 1. The second-order valence-electron chi connectivity index (χ2n) is 7.69. The van der Waals surface area contributed by atoms with E-state index >= 15 is 0 Å². The Bertz CT molecular complexity index is 1250. The van der Waals surface area contributed by atoms with E-state index in [1.807, 2.05) is 6.07 Å². The van der Waals surface area contributed by atoms with Gasteiger partial charge in [-0.3, -0.25) is 9.88 Å². The number of benzene rings is 2. The molecule has 0 amide bonds. The topological polar surface area (TPSA) is 41.9 Å². The lowest BCUT2D eigenvalue weighted by Crippen LogP contribution is -2.30. The van der Waals surface area contributed by atoms with Crippen LogP contribution in [-0.4, -0.2) is 26.4 Å². The fraction of sp³-hybridized carbons (Fsp3) is 0.208. The van der Waals surface area contributed by atoms with Crippen LogP contribution in [0.2, 0.25) is 0 Å². The molecule has 1 aliphatic rings. The van der Waals surface area contributed by atoms with Crippen LogP contribution in [0, 0.1) is 0 Å². The zero-order valence-corrected chi connectivity index (χ0v) is 16.6. The van der Waals surface area contributed by atoms with Gasteiger partial charge in [0.15, 0.2) is 0 Å². The minimum Gasteiger partial charge on any atom is -0.291 e. The summed E-state index contributed by atoms with van der Waals surface area (Å²) < 4.78 is 40.2. The molecular weight excluding hydrogens is 401 g/mol. The average Bonchev–Trinajstić information content (AvgIpc) is 2.78. The molecule has 7 heteroatoms. The lowest BCUT2D eigenvalue weighted by atomic mass is 10.00. The predicted molar refractivity (Wildman–Crippen MR) is 112 cm³/mol. The first-order chi connectivity index (χ1) is 15.0. The van der Waals surface area contributed by atoms with E-state index in [-0.39, 0.29) is 5.69 Å². The molecule has 0 saturated heterocycles. The highest BCUT2D eigenvalue weighted by atomic mass is 19.4. The second kappa shape index (κ2) is 7.74. The molecule has 4 aromatic rings. The number of aromatic nitrogens is 3. The van der Waals surface area contributed by atoms with Crippen molar-refractivity contribution in [2.75, 3.05) is 6.54 Å². The molecule has 0 fully saturated rings. The zero-order valence-electron chi connectivity index (χ0n) is 16.6. The minimum atomic E-state index is -4.47. The second-order valence-corrected chi connectivity index (χ2v) is 7.69. The van der Waals surface area contributed by atoms with Crippen molar-refractivity contribution in [3.63, 3.8) is 0 Å². The number of rotatable bonds is 3. The minimum absolute atomic E-state index is 0.0929. The van der Waals surface area contributed by atoms with Crippen molar-refractivity contribution in [2.45, 2.75) is 25.7 Å². The summed E-state index contributed by atoms with van der Waals surface area (Å²) in [5.41, 5.74) is 2.83. The SMILES string of the molecule is FC(F)(F)c1cccnc1-c1ccc2cnc(CN3CCc4ccccc4C3)nc2c1. The third-order valence-electron chi connectivity index (χ3n) is 5.59. The van der Waals surface area contributed by atoms with Gasteiger partial charge in [0, 0.05) is 36.4 Å². The Balaban J connectivity index is 1.45. The van der Waals surface area contributed by atoms with Crippen molar-refractivity contribution >= 4 is 10.9 Å². The fourth-order valence-corrected chi connectivity index (χ4v) is 4.04. The Morgan fingerprint density at radius 2 is 1.77 bits per heavy atom. The summed E-state index contributed by atoms with van der Waals surface area (Å²) in [6, 6.07) is 15.8. The van der Waals surface area contributed by atoms with Crippen LogP contribution >= 0.6 is 0 Å². The van der Waals surface area contributed by atoms with Crippen LogP contribution in [0.4, 0.5) is 13.2 Å². The maximum Gasteiger partial charge on any atom is 0.418 e. The van der Waals surface area contributed by atoms with E-state index in [0.717, 1.165) is 31.0 Å². The first kappa shape index (κ1) is 19.6. The highest BCUT2D eigenvalue weighted by molar-refractivity contribution is 5.83. The summed E-state index contributed by atoms with van der Waals surface area (Å²) in [5.74, 6) is 0.654. The quantitative estimate of drug-likeness (QED) is 0.453. The first-order valence-electron chi connectivity index (χ1n) is 10.0. The average molecular weight is 420 g/mol. The van der Waals surface area contributed by atoms with E-state index < -0.39 is 11.7 Å². The van der Waals surface area contributed by atoms with Crippen molar-refractivity contribution < 1.29 is 13.2 Å². The molecule has 0 atom stereocenters. The molecule has 0 N–H and O–H groups in total. The van der Waals surface area contributed by atoms with Gasteiger partial charge in [-0.1, -0.05) is 36.4 Å². The van der Waals surface area contributed by atoms with Gasteiger partial charge in [0.2, 0.25) is 0 Å². The van der Waals surface area contributed by atoms with Gasteiger partial charge < -0.3 is 0 Å². The molecule has 0 saturated carbocycles. The first-order valence-corrected chi connectivity index (χ1v) is 10.0. The molecule has 4 nitrogen and oxygen atoms in total. The largest absolute Gasteiger partial charge is 0.418 e. The summed E-state index contributed by atoms with van der Waals surface area (Å²) >= 11 is 0. The van der Waals surface area contributed by atoms with Crippen LogP contribution in [-0.2, 0) is 25.7 Å². The van der Waals surface area contributed by atoms with Gasteiger partial charge in [-0.2, -0.15) is 13.2 Å². The van der Waals surface area contributed by atoms with Gasteiger partial charge in [-0.25, -0.2) is 9.97 Å². The van der Waals surface area contributed by atoms with Crippen LogP contribution < -0.4 is 0 Å². The standard InChI is InChI=1S/C24H19F3N4/c25-24(26,27)20-6-3-10-28-23(20)17-7-8-18-13-29-22(30-21(18)12-17)15-31-11-9-16-4-1-2-5-19(16)14-31/h1-8,10,12-13H,9,11,14-15H2. The van der Waals surface area contributed by atoms with Crippen LogP contribution in [0.1, 0.15) is 22.5 Å². The summed E-state index contributed by atoms with van der Waals surface area (Å²) in [4.78, 5) is 15.4. The Morgan fingerprint density at radius 3 is 2.61 bits per heavy atom. The summed E-state index contributed by atoms with van der Waals surface area (Å²) in [7, 11) is 0. The van der Waals surface area contributed by atoms with Crippen molar-refractivity contribution in [2.24, 2.45) is 0 Å². The van der Waals surface area contributed by atoms with Crippen LogP contribution in [0.15, 0.2) is 67.0 Å². The fourth-order valence-electron chi connectivity index (χ4n) is 4.04. The van der Waals surface area contributed by atoms with Crippen LogP contribution in [0.25, 0.3) is 22.2 Å². The molecular formula is C24H19F3N4. The van der Waals surface area contributed by atoms with Crippen molar-refractivity contribution in [1.82, 2.24) is 19.9 Å². The van der Waals surface area contributed by atoms with E-state index in [1.165, 1.54) is 23.4 Å². The summed E-state index contributed by atoms with van der Waals surface area (Å²) in [5, 5.41) is 0.779. The molecule has 3 heterocycles. The zero-order chi connectivity index (χ0) is 21.4. The van der Waals surface area contributed by atoms with Crippen molar-refractivity contribution in [1.29, 1.82) is 0 Å². The maximum atomic E-state index is 13.4. The summed E-state index contributed by atoms with van der Waals surface area (Å²) in [6.07, 6.45) is -0.398. The number of fused-ring (bicyclic) bond motifs is 2. The third kappa shape index (κ3) is 4.01. The number of hydrogen-bond acceptors (Lipinski definition) is 4. The molecule has 1 aliphatic heterocycles.